The molecule has 0 spiro atoms. The lowest BCUT2D eigenvalue weighted by molar-refractivity contribution is -0.117. The molecule has 1 atom stereocenters. The summed E-state index contributed by atoms with van der Waals surface area (Å²) in [6.45, 7) is 3.69. The van der Waals surface area contributed by atoms with Crippen LogP contribution in [-0.4, -0.2) is 43.3 Å². The van der Waals surface area contributed by atoms with Crippen molar-refractivity contribution in [1.82, 2.24) is 24.9 Å². The molecule has 6 rings (SSSR count). The molecule has 3 aromatic heterocycles. The van der Waals surface area contributed by atoms with Gasteiger partial charge >= 0.3 is 0 Å². The van der Waals surface area contributed by atoms with Gasteiger partial charge in [0.2, 0.25) is 6.17 Å². The van der Waals surface area contributed by atoms with Gasteiger partial charge in [0.05, 0.1) is 17.1 Å². The molecule has 4 heterocycles. The molecule has 2 N–H and O–H groups in total. The number of carbonyl (C=O) groups is 2. The number of hydrogen-bond acceptors (Lipinski definition) is 6. The van der Waals surface area contributed by atoms with Crippen LogP contribution in [0, 0.1) is 19.7 Å². The Kier molecular flexibility index (Phi) is 5.91. The van der Waals surface area contributed by atoms with Crippen LogP contribution in [0.1, 0.15) is 32.9 Å². The number of carbonyl (C=O) groups excluding carboxylic acids is 2. The fourth-order valence-electron chi connectivity index (χ4n) is 4.53. The highest BCUT2D eigenvalue weighted by atomic mass is 19.1. The normalized spacial score (nSPS) is 14.8. The lowest BCUT2D eigenvalue weighted by Crippen LogP contribution is -2.43. The van der Waals surface area contributed by atoms with E-state index in [1.165, 1.54) is 10.6 Å². The highest BCUT2D eigenvalue weighted by molar-refractivity contribution is 6.20. The average Bonchev–Trinajstić information content (AvgIpc) is 3.24. The van der Waals surface area contributed by atoms with E-state index in [-0.39, 0.29) is 11.4 Å². The lowest BCUT2D eigenvalue weighted by Gasteiger charge is -2.14. The van der Waals surface area contributed by atoms with Gasteiger partial charge in [0.1, 0.15) is 11.5 Å². The van der Waals surface area contributed by atoms with Crippen LogP contribution in [-0.2, 0) is 4.79 Å². The number of nitrogens with zero attached hydrogens (tertiary/aromatic N) is 5. The van der Waals surface area contributed by atoms with Gasteiger partial charge in [-0.1, -0.05) is 42.5 Å². The first-order chi connectivity index (χ1) is 18.9. The first-order valence-corrected chi connectivity index (χ1v) is 12.2. The number of aliphatic imine (C=N–C) groups is 1. The number of amides is 2. The molecule has 9 nitrogen and oxygen atoms in total. The van der Waals surface area contributed by atoms with E-state index in [1.807, 2.05) is 43.3 Å². The third kappa shape index (κ3) is 4.42. The fourth-order valence-corrected chi connectivity index (χ4v) is 4.53. The third-order valence-electron chi connectivity index (χ3n) is 6.31. The maximum absolute atomic E-state index is 14.8. The summed E-state index contributed by atoms with van der Waals surface area (Å²) >= 11 is 0. The number of benzodiazepines with no additional fused rings is 1. The molecule has 10 heteroatoms. The van der Waals surface area contributed by atoms with E-state index in [4.69, 9.17) is 0 Å². The number of fused-ring (bicyclic) bond motifs is 2. The standard InChI is InChI=1S/C29H22FN7O2/c1-16-13-19(15-31-14-16)24-26(37-22(32-24)12-11-17(2)36-37)28(38)35-27-29(39)34-25-20(9-6-10-21(25)30)23(33-27)18-7-4-3-5-8-18/h3-15,27H,1-2H3,(H,34,39)(H,35,38)/t27-/m1/s1. The number of nitrogens with one attached hydrogen (secondary N) is 2. The molecule has 0 fully saturated rings. The van der Waals surface area contributed by atoms with E-state index in [0.717, 1.165) is 5.56 Å². The summed E-state index contributed by atoms with van der Waals surface area (Å²) in [6.07, 6.45) is 1.95. The molecule has 5 aromatic rings. The number of aromatic nitrogens is 4. The van der Waals surface area contributed by atoms with Crippen LogP contribution in [0.15, 0.2) is 84.1 Å². The summed E-state index contributed by atoms with van der Waals surface area (Å²) in [5, 5.41) is 9.81. The minimum Gasteiger partial charge on any atom is -0.321 e. The smallest absolute Gasteiger partial charge is 0.274 e. The van der Waals surface area contributed by atoms with E-state index in [0.29, 0.717) is 39.4 Å². The number of imidazole rings is 1. The Hall–Kier alpha value is -5.25. The second-order valence-corrected chi connectivity index (χ2v) is 9.18. The number of para-hydroxylation sites is 1. The molecule has 0 unspecified atom stereocenters. The van der Waals surface area contributed by atoms with E-state index in [9.17, 15) is 14.0 Å². The molecule has 192 valence electrons. The van der Waals surface area contributed by atoms with E-state index in [2.05, 4.69) is 30.7 Å². The quantitative estimate of drug-likeness (QED) is 0.371. The molecule has 0 saturated heterocycles. The number of rotatable bonds is 4. The van der Waals surface area contributed by atoms with Crippen molar-refractivity contribution >= 4 is 28.9 Å². The van der Waals surface area contributed by atoms with Crippen LogP contribution in [0.5, 0.6) is 0 Å². The summed E-state index contributed by atoms with van der Waals surface area (Å²) < 4.78 is 16.3. The van der Waals surface area contributed by atoms with Gasteiger partial charge in [-0.25, -0.2) is 18.9 Å². The van der Waals surface area contributed by atoms with Crippen LogP contribution in [0.25, 0.3) is 16.9 Å². The average molecular weight is 520 g/mol. The molecule has 2 amide bonds. The molecular weight excluding hydrogens is 497 g/mol. The van der Waals surface area contributed by atoms with E-state index < -0.39 is 23.8 Å². The van der Waals surface area contributed by atoms with Crippen molar-refractivity contribution in [1.29, 1.82) is 0 Å². The lowest BCUT2D eigenvalue weighted by atomic mass is 10.0. The zero-order chi connectivity index (χ0) is 27.1. The van der Waals surface area contributed by atoms with Crippen molar-refractivity contribution < 1.29 is 14.0 Å². The maximum atomic E-state index is 14.8. The topological polar surface area (TPSA) is 114 Å². The Balaban J connectivity index is 1.47. The monoisotopic (exact) mass is 519 g/mol. The maximum Gasteiger partial charge on any atom is 0.274 e. The van der Waals surface area contributed by atoms with Crippen LogP contribution >= 0.6 is 0 Å². The number of pyridine rings is 1. The van der Waals surface area contributed by atoms with Gasteiger partial charge in [0.25, 0.3) is 11.8 Å². The first kappa shape index (κ1) is 24.1. The Labute approximate surface area is 222 Å². The van der Waals surface area contributed by atoms with Gasteiger partial charge in [0.15, 0.2) is 11.3 Å². The number of aryl methyl sites for hydroxylation is 2. The SMILES string of the molecule is Cc1cncc(-c2nc3ccc(C)nn3c2C(=O)N[C@H]2N=C(c3ccccc3)c3cccc(F)c3NC2=O)c1. The molecular formula is C29H22FN7O2. The Morgan fingerprint density at radius 1 is 1.00 bits per heavy atom. The second-order valence-electron chi connectivity index (χ2n) is 9.18. The van der Waals surface area contributed by atoms with Gasteiger partial charge in [-0.3, -0.25) is 14.6 Å². The minimum absolute atomic E-state index is 0.000435. The molecule has 0 aliphatic carbocycles. The zero-order valence-corrected chi connectivity index (χ0v) is 21.0. The minimum atomic E-state index is -1.36. The van der Waals surface area contributed by atoms with Crippen LogP contribution in [0.4, 0.5) is 10.1 Å². The largest absolute Gasteiger partial charge is 0.321 e. The molecule has 0 radical (unpaired) electrons. The fraction of sp³-hybridized carbons (Fsp3) is 0.103. The highest BCUT2D eigenvalue weighted by Crippen LogP contribution is 2.28. The number of halogens is 1. The van der Waals surface area contributed by atoms with E-state index >= 15 is 0 Å². The number of benzene rings is 2. The molecule has 39 heavy (non-hydrogen) atoms. The molecule has 1 aliphatic rings. The Bertz CT molecular complexity index is 1800. The van der Waals surface area contributed by atoms with Crippen LogP contribution in [0.3, 0.4) is 0 Å². The second kappa shape index (κ2) is 9.56. The number of hydrogen-bond donors (Lipinski definition) is 2. The Morgan fingerprint density at radius 2 is 1.82 bits per heavy atom. The zero-order valence-electron chi connectivity index (χ0n) is 21.0. The number of anilines is 1. The summed E-state index contributed by atoms with van der Waals surface area (Å²) in [4.78, 5) is 40.6. The molecule has 0 bridgehead atoms. The van der Waals surface area contributed by atoms with Gasteiger partial charge in [-0.2, -0.15) is 5.10 Å². The van der Waals surface area contributed by atoms with E-state index in [1.54, 1.807) is 43.6 Å². The summed E-state index contributed by atoms with van der Waals surface area (Å²) in [6, 6.07) is 19.0. The van der Waals surface area contributed by atoms with Crippen molar-refractivity contribution in [3.63, 3.8) is 0 Å². The molecule has 0 saturated carbocycles. The van der Waals surface area contributed by atoms with Crippen molar-refractivity contribution in [2.24, 2.45) is 4.99 Å². The van der Waals surface area contributed by atoms with Gasteiger partial charge in [0, 0.05) is 29.1 Å². The van der Waals surface area contributed by atoms with Crippen molar-refractivity contribution in [2.75, 3.05) is 5.32 Å². The predicted molar refractivity (Wildman–Crippen MR) is 144 cm³/mol. The van der Waals surface area contributed by atoms with Gasteiger partial charge in [-0.15, -0.1) is 0 Å². The Morgan fingerprint density at radius 3 is 2.62 bits per heavy atom. The van der Waals surface area contributed by atoms with Crippen molar-refractivity contribution in [3.05, 3.63) is 113 Å². The predicted octanol–water partition coefficient (Wildman–Crippen LogP) is 4.09. The summed E-state index contributed by atoms with van der Waals surface area (Å²) in [5.74, 6) is -1.91. The van der Waals surface area contributed by atoms with Gasteiger partial charge in [-0.05, 0) is 43.7 Å². The summed E-state index contributed by atoms with van der Waals surface area (Å²) in [5.41, 5.74) is 4.56. The van der Waals surface area contributed by atoms with Crippen LogP contribution < -0.4 is 10.6 Å². The van der Waals surface area contributed by atoms with Gasteiger partial charge < -0.3 is 10.6 Å². The third-order valence-corrected chi connectivity index (χ3v) is 6.31. The van der Waals surface area contributed by atoms with Crippen LogP contribution in [0.2, 0.25) is 0 Å². The summed E-state index contributed by atoms with van der Waals surface area (Å²) in [7, 11) is 0. The van der Waals surface area contributed by atoms with Crippen molar-refractivity contribution in [3.8, 4) is 11.3 Å². The highest BCUT2D eigenvalue weighted by Gasteiger charge is 2.31. The first-order valence-electron chi connectivity index (χ1n) is 12.2. The molecule has 1 aliphatic heterocycles. The molecule has 2 aromatic carbocycles. The van der Waals surface area contributed by atoms with Crippen molar-refractivity contribution in [2.45, 2.75) is 20.0 Å².